The second-order valence-corrected chi connectivity index (χ2v) is 6.07. The van der Waals surface area contributed by atoms with E-state index in [0.717, 1.165) is 45.9 Å². The standard InChI is InChI=1S/C22H18O3/c1-24-22-13-16-9-12-21(23)19(16)14-20(22)15-7-10-18(11-8-15)25-17-5-3-2-4-6-17/h2-8,10-11,13-14H,9,12H2,1H3. The van der Waals surface area contributed by atoms with E-state index in [1.807, 2.05) is 66.7 Å². The highest BCUT2D eigenvalue weighted by atomic mass is 16.5. The third kappa shape index (κ3) is 3.01. The lowest BCUT2D eigenvalue weighted by atomic mass is 9.99. The fourth-order valence-corrected chi connectivity index (χ4v) is 3.19. The lowest BCUT2D eigenvalue weighted by molar-refractivity contribution is 0.0994. The first kappa shape index (κ1) is 15.5. The summed E-state index contributed by atoms with van der Waals surface area (Å²) in [5.41, 5.74) is 3.83. The number of ketones is 1. The summed E-state index contributed by atoms with van der Waals surface area (Å²) in [5.74, 6) is 2.58. The number of benzene rings is 3. The van der Waals surface area contributed by atoms with E-state index in [0.29, 0.717) is 6.42 Å². The predicted molar refractivity (Wildman–Crippen MR) is 97.6 cm³/mol. The Morgan fingerprint density at radius 1 is 0.800 bits per heavy atom. The van der Waals surface area contributed by atoms with Crippen molar-refractivity contribution in [1.29, 1.82) is 0 Å². The molecule has 0 bridgehead atoms. The Bertz CT molecular complexity index is 912. The second-order valence-electron chi connectivity index (χ2n) is 6.07. The van der Waals surface area contributed by atoms with Crippen LogP contribution in [0.5, 0.6) is 17.2 Å². The summed E-state index contributed by atoms with van der Waals surface area (Å²) < 4.78 is 11.4. The minimum Gasteiger partial charge on any atom is -0.496 e. The zero-order valence-electron chi connectivity index (χ0n) is 14.0. The van der Waals surface area contributed by atoms with Crippen molar-refractivity contribution in [2.75, 3.05) is 7.11 Å². The zero-order chi connectivity index (χ0) is 17.2. The van der Waals surface area contributed by atoms with Crippen LogP contribution >= 0.6 is 0 Å². The minimum atomic E-state index is 0.211. The molecule has 0 heterocycles. The van der Waals surface area contributed by atoms with Crippen LogP contribution in [0.15, 0.2) is 66.7 Å². The third-order valence-corrected chi connectivity index (χ3v) is 4.49. The zero-order valence-corrected chi connectivity index (χ0v) is 14.0. The van der Waals surface area contributed by atoms with Crippen molar-refractivity contribution in [2.24, 2.45) is 0 Å². The largest absolute Gasteiger partial charge is 0.496 e. The van der Waals surface area contributed by atoms with Crippen molar-refractivity contribution in [2.45, 2.75) is 12.8 Å². The molecule has 0 atom stereocenters. The Kier molecular flexibility index (Phi) is 3.98. The number of rotatable bonds is 4. The van der Waals surface area contributed by atoms with Crippen molar-refractivity contribution in [3.63, 3.8) is 0 Å². The van der Waals surface area contributed by atoms with Crippen LogP contribution in [-0.2, 0) is 6.42 Å². The molecule has 0 radical (unpaired) electrons. The van der Waals surface area contributed by atoms with E-state index >= 15 is 0 Å². The first-order chi connectivity index (χ1) is 12.2. The van der Waals surface area contributed by atoms with E-state index in [4.69, 9.17) is 9.47 Å². The van der Waals surface area contributed by atoms with E-state index in [1.165, 1.54) is 0 Å². The molecule has 0 spiro atoms. The molecule has 0 amide bonds. The Balaban J connectivity index is 1.66. The van der Waals surface area contributed by atoms with Crippen LogP contribution in [-0.4, -0.2) is 12.9 Å². The first-order valence-electron chi connectivity index (χ1n) is 8.32. The van der Waals surface area contributed by atoms with Crippen LogP contribution in [0, 0.1) is 0 Å². The van der Waals surface area contributed by atoms with Crippen molar-refractivity contribution in [3.05, 3.63) is 77.9 Å². The summed E-state index contributed by atoms with van der Waals surface area (Å²) in [4.78, 5) is 12.0. The molecular weight excluding hydrogens is 312 g/mol. The minimum absolute atomic E-state index is 0.211. The molecule has 0 unspecified atom stereocenters. The molecule has 3 aromatic rings. The predicted octanol–water partition coefficient (Wildman–Crippen LogP) is 5.28. The summed E-state index contributed by atoms with van der Waals surface area (Å²) in [6, 6.07) is 21.5. The van der Waals surface area contributed by atoms with Gasteiger partial charge in [0.15, 0.2) is 5.78 Å². The number of carbonyl (C=O) groups excluding carboxylic acids is 1. The lowest BCUT2D eigenvalue weighted by Crippen LogP contribution is -1.95. The van der Waals surface area contributed by atoms with Crippen LogP contribution in [0.4, 0.5) is 0 Å². The van der Waals surface area contributed by atoms with Crippen LogP contribution in [0.1, 0.15) is 22.3 Å². The van der Waals surface area contributed by atoms with Gasteiger partial charge in [0, 0.05) is 17.5 Å². The summed E-state index contributed by atoms with van der Waals surface area (Å²) in [5, 5.41) is 0. The van der Waals surface area contributed by atoms with Crippen molar-refractivity contribution in [1.82, 2.24) is 0 Å². The number of ether oxygens (including phenoxy) is 2. The molecule has 1 aliphatic rings. The highest BCUT2D eigenvalue weighted by Gasteiger charge is 2.22. The highest BCUT2D eigenvalue weighted by molar-refractivity contribution is 6.02. The van der Waals surface area contributed by atoms with E-state index in [1.54, 1.807) is 7.11 Å². The molecule has 3 aromatic carbocycles. The number of aryl methyl sites for hydroxylation is 1. The molecule has 0 aromatic heterocycles. The van der Waals surface area contributed by atoms with Gasteiger partial charge >= 0.3 is 0 Å². The SMILES string of the molecule is COc1cc2c(cc1-c1ccc(Oc3ccccc3)cc1)C(=O)CC2. The van der Waals surface area contributed by atoms with Crippen molar-refractivity contribution < 1.29 is 14.3 Å². The maximum Gasteiger partial charge on any atom is 0.163 e. The number of hydrogen-bond donors (Lipinski definition) is 0. The van der Waals surface area contributed by atoms with Gasteiger partial charge in [-0.25, -0.2) is 0 Å². The van der Waals surface area contributed by atoms with Gasteiger partial charge in [0.25, 0.3) is 0 Å². The fraction of sp³-hybridized carbons (Fsp3) is 0.136. The maximum absolute atomic E-state index is 12.0. The van der Waals surface area contributed by atoms with Crippen LogP contribution < -0.4 is 9.47 Å². The molecule has 0 aliphatic heterocycles. The van der Waals surface area contributed by atoms with Gasteiger partial charge in [-0.2, -0.15) is 0 Å². The number of carbonyl (C=O) groups is 1. The molecule has 3 heteroatoms. The van der Waals surface area contributed by atoms with Crippen molar-refractivity contribution in [3.8, 4) is 28.4 Å². The van der Waals surface area contributed by atoms with Gasteiger partial charge in [0.2, 0.25) is 0 Å². The Labute approximate surface area is 146 Å². The number of Topliss-reactive ketones (excluding diaryl/α,β-unsaturated/α-hetero) is 1. The number of fused-ring (bicyclic) bond motifs is 1. The van der Waals surface area contributed by atoms with Gasteiger partial charge in [-0.05, 0) is 53.9 Å². The van der Waals surface area contributed by atoms with Crippen LogP contribution in [0.2, 0.25) is 0 Å². The average Bonchev–Trinajstić information content (AvgIpc) is 3.02. The molecular formula is C22H18O3. The summed E-state index contributed by atoms with van der Waals surface area (Å²) >= 11 is 0. The van der Waals surface area contributed by atoms with E-state index in [9.17, 15) is 4.79 Å². The maximum atomic E-state index is 12.0. The van der Waals surface area contributed by atoms with E-state index in [-0.39, 0.29) is 5.78 Å². The van der Waals surface area contributed by atoms with Gasteiger partial charge in [-0.3, -0.25) is 4.79 Å². The van der Waals surface area contributed by atoms with Crippen LogP contribution in [0.3, 0.4) is 0 Å². The molecule has 1 aliphatic carbocycles. The van der Waals surface area contributed by atoms with Crippen molar-refractivity contribution >= 4 is 5.78 Å². The fourth-order valence-electron chi connectivity index (χ4n) is 3.19. The highest BCUT2D eigenvalue weighted by Crippen LogP contribution is 2.37. The van der Waals surface area contributed by atoms with Gasteiger partial charge in [0.05, 0.1) is 7.11 Å². The normalized spacial score (nSPS) is 12.8. The molecule has 4 rings (SSSR count). The Morgan fingerprint density at radius 2 is 1.52 bits per heavy atom. The number of methoxy groups -OCH3 is 1. The van der Waals surface area contributed by atoms with E-state index in [2.05, 4.69) is 0 Å². The topological polar surface area (TPSA) is 35.5 Å². The Morgan fingerprint density at radius 3 is 2.24 bits per heavy atom. The first-order valence-corrected chi connectivity index (χ1v) is 8.32. The summed E-state index contributed by atoms with van der Waals surface area (Å²) in [6.45, 7) is 0. The molecule has 0 N–H and O–H groups in total. The lowest BCUT2D eigenvalue weighted by Gasteiger charge is -2.12. The molecule has 0 fully saturated rings. The number of hydrogen-bond acceptors (Lipinski definition) is 3. The van der Waals surface area contributed by atoms with Gasteiger partial charge in [0.1, 0.15) is 17.2 Å². The molecule has 0 saturated carbocycles. The smallest absolute Gasteiger partial charge is 0.163 e. The summed E-state index contributed by atoms with van der Waals surface area (Å²) in [6.07, 6.45) is 1.39. The van der Waals surface area contributed by atoms with Gasteiger partial charge in [-0.1, -0.05) is 30.3 Å². The second kappa shape index (κ2) is 6.44. The van der Waals surface area contributed by atoms with Gasteiger partial charge < -0.3 is 9.47 Å². The van der Waals surface area contributed by atoms with Gasteiger partial charge in [-0.15, -0.1) is 0 Å². The molecule has 0 saturated heterocycles. The molecule has 3 nitrogen and oxygen atoms in total. The van der Waals surface area contributed by atoms with E-state index < -0.39 is 0 Å². The quantitative estimate of drug-likeness (QED) is 0.652. The average molecular weight is 330 g/mol. The third-order valence-electron chi connectivity index (χ3n) is 4.49. The molecule has 25 heavy (non-hydrogen) atoms. The summed E-state index contributed by atoms with van der Waals surface area (Å²) in [7, 11) is 1.66. The monoisotopic (exact) mass is 330 g/mol. The van der Waals surface area contributed by atoms with Crippen LogP contribution in [0.25, 0.3) is 11.1 Å². The molecule has 124 valence electrons. The Hall–Kier alpha value is -3.07. The number of para-hydroxylation sites is 1.